The van der Waals surface area contributed by atoms with Gasteiger partial charge in [0.2, 0.25) is 0 Å². The van der Waals surface area contributed by atoms with Crippen molar-refractivity contribution in [3.8, 4) is 11.5 Å². The maximum absolute atomic E-state index is 13.4. The molecule has 1 N–H and O–H groups in total. The molecule has 0 saturated heterocycles. The molecule has 0 aliphatic carbocycles. The number of hydrogen-bond acceptors (Lipinski definition) is 5. The summed E-state index contributed by atoms with van der Waals surface area (Å²) in [5.74, 6) is -0.272. The Morgan fingerprint density at radius 3 is 2.77 bits per heavy atom. The Kier molecular flexibility index (Phi) is 5.01. The number of halogens is 2. The number of aromatic nitrogens is 2. The topological polar surface area (TPSA) is 76.5 Å². The van der Waals surface area contributed by atoms with Gasteiger partial charge in [0.25, 0.3) is 5.91 Å². The molecule has 2 aromatic rings. The van der Waals surface area contributed by atoms with E-state index in [1.54, 1.807) is 19.9 Å². The lowest BCUT2D eigenvalue weighted by molar-refractivity contribution is 0.0971. The van der Waals surface area contributed by atoms with Crippen LogP contribution in [-0.4, -0.2) is 33.9 Å². The number of carbonyl (C=O) groups is 1. The smallest absolute Gasteiger partial charge is 0.275 e. The van der Waals surface area contributed by atoms with Crippen molar-refractivity contribution >= 4 is 11.7 Å². The Labute approximate surface area is 148 Å². The van der Waals surface area contributed by atoms with E-state index >= 15 is 0 Å². The van der Waals surface area contributed by atoms with Gasteiger partial charge in [-0.1, -0.05) is 0 Å². The van der Waals surface area contributed by atoms with E-state index in [1.807, 2.05) is 0 Å². The average molecular weight is 358 g/mol. The zero-order chi connectivity index (χ0) is 18.7. The van der Waals surface area contributed by atoms with E-state index in [9.17, 15) is 13.6 Å². The molecule has 3 rings (SSSR count). The fraction of sp³-hybridized carbons (Fsp3) is 0.222. The number of amides is 1. The molecule has 3 heterocycles. The highest BCUT2D eigenvalue weighted by Gasteiger charge is 2.19. The average Bonchev–Trinajstić information content (AvgIpc) is 2.57. The fourth-order valence-electron chi connectivity index (χ4n) is 2.33. The summed E-state index contributed by atoms with van der Waals surface area (Å²) >= 11 is 0. The zero-order valence-corrected chi connectivity index (χ0v) is 14.1. The second-order valence-electron chi connectivity index (χ2n) is 5.78. The number of carbonyl (C=O) groups excluding carboxylic acids is 1. The molecule has 0 radical (unpaired) electrons. The van der Waals surface area contributed by atoms with Gasteiger partial charge in [0, 0.05) is 23.9 Å². The van der Waals surface area contributed by atoms with Crippen molar-refractivity contribution in [2.45, 2.75) is 26.1 Å². The van der Waals surface area contributed by atoms with Crippen molar-refractivity contribution in [2.75, 3.05) is 0 Å². The highest BCUT2D eigenvalue weighted by Crippen LogP contribution is 2.22. The van der Waals surface area contributed by atoms with Crippen molar-refractivity contribution in [2.24, 2.45) is 4.99 Å². The molecule has 2 atom stereocenters. The third-order valence-electron chi connectivity index (χ3n) is 3.56. The molecule has 1 amide bonds. The molecule has 134 valence electrons. The maximum atomic E-state index is 13.4. The highest BCUT2D eigenvalue weighted by atomic mass is 19.1. The van der Waals surface area contributed by atoms with Crippen molar-refractivity contribution < 1.29 is 18.3 Å². The molecule has 2 unspecified atom stereocenters. The number of ether oxygens (including phenoxy) is 1. The van der Waals surface area contributed by atoms with Gasteiger partial charge in [0.1, 0.15) is 35.0 Å². The predicted molar refractivity (Wildman–Crippen MR) is 91.6 cm³/mol. The fourth-order valence-corrected chi connectivity index (χ4v) is 2.33. The molecule has 8 heteroatoms. The minimum Gasteiger partial charge on any atom is -0.455 e. The van der Waals surface area contributed by atoms with Crippen LogP contribution in [0, 0.1) is 12.7 Å². The Balaban J connectivity index is 1.78. The van der Waals surface area contributed by atoms with E-state index in [0.29, 0.717) is 11.4 Å². The van der Waals surface area contributed by atoms with Crippen LogP contribution in [0.25, 0.3) is 0 Å². The SMILES string of the molecule is Cc1cc(Oc2cncc(F)c2)cc(C(=O)NC2=NC(C)C(F)C=C2)n1. The molecule has 0 saturated carbocycles. The van der Waals surface area contributed by atoms with Gasteiger partial charge in [-0.2, -0.15) is 0 Å². The largest absolute Gasteiger partial charge is 0.455 e. The molecule has 6 nitrogen and oxygen atoms in total. The summed E-state index contributed by atoms with van der Waals surface area (Å²) in [6.07, 6.45) is 3.99. The lowest BCUT2D eigenvalue weighted by Gasteiger charge is -2.16. The van der Waals surface area contributed by atoms with Crippen molar-refractivity contribution in [1.82, 2.24) is 15.3 Å². The van der Waals surface area contributed by atoms with Crippen LogP contribution < -0.4 is 10.1 Å². The minimum atomic E-state index is -1.17. The minimum absolute atomic E-state index is 0.0930. The second-order valence-corrected chi connectivity index (χ2v) is 5.78. The van der Waals surface area contributed by atoms with Gasteiger partial charge in [-0.15, -0.1) is 0 Å². The number of amidine groups is 1. The first-order valence-corrected chi connectivity index (χ1v) is 7.89. The Morgan fingerprint density at radius 2 is 2.04 bits per heavy atom. The monoisotopic (exact) mass is 358 g/mol. The molecule has 26 heavy (non-hydrogen) atoms. The normalized spacial score (nSPS) is 19.0. The number of alkyl halides is 1. The number of pyridine rings is 2. The second kappa shape index (κ2) is 7.38. The summed E-state index contributed by atoms with van der Waals surface area (Å²) in [6, 6.07) is 3.64. The van der Waals surface area contributed by atoms with Gasteiger partial charge >= 0.3 is 0 Å². The van der Waals surface area contributed by atoms with Gasteiger partial charge in [0.05, 0.1) is 18.4 Å². The van der Waals surface area contributed by atoms with Crippen LogP contribution >= 0.6 is 0 Å². The summed E-state index contributed by atoms with van der Waals surface area (Å²) in [6.45, 7) is 3.31. The van der Waals surface area contributed by atoms with Crippen LogP contribution in [0.4, 0.5) is 8.78 Å². The van der Waals surface area contributed by atoms with Gasteiger partial charge in [0.15, 0.2) is 0 Å². The number of nitrogens with one attached hydrogen (secondary N) is 1. The predicted octanol–water partition coefficient (Wildman–Crippen LogP) is 3.14. The first-order chi connectivity index (χ1) is 12.4. The summed E-state index contributed by atoms with van der Waals surface area (Å²) in [5, 5.41) is 2.58. The molecule has 0 fully saturated rings. The number of hydrogen-bond donors (Lipinski definition) is 1. The van der Waals surface area contributed by atoms with E-state index in [2.05, 4.69) is 20.3 Å². The molecule has 2 aromatic heterocycles. The van der Waals surface area contributed by atoms with E-state index in [0.717, 1.165) is 6.20 Å². The van der Waals surface area contributed by atoms with E-state index < -0.39 is 23.9 Å². The summed E-state index contributed by atoms with van der Waals surface area (Å²) < 4.78 is 32.1. The molecular formula is C18H16F2N4O2. The van der Waals surface area contributed by atoms with Crippen LogP contribution in [0.2, 0.25) is 0 Å². The van der Waals surface area contributed by atoms with Crippen LogP contribution in [0.3, 0.4) is 0 Å². The number of aliphatic imine (C=N–C) groups is 1. The summed E-state index contributed by atoms with van der Waals surface area (Å²) in [7, 11) is 0. The third-order valence-corrected chi connectivity index (χ3v) is 3.56. The van der Waals surface area contributed by atoms with Crippen molar-refractivity contribution in [3.05, 3.63) is 59.9 Å². The number of rotatable bonds is 3. The quantitative estimate of drug-likeness (QED) is 0.914. The number of nitrogens with zero attached hydrogens (tertiary/aromatic N) is 3. The molecular weight excluding hydrogens is 342 g/mol. The summed E-state index contributed by atoms with van der Waals surface area (Å²) in [4.78, 5) is 24.3. The van der Waals surface area contributed by atoms with Crippen molar-refractivity contribution in [1.29, 1.82) is 0 Å². The molecule has 1 aliphatic heterocycles. The van der Waals surface area contributed by atoms with Crippen LogP contribution in [-0.2, 0) is 0 Å². The Morgan fingerprint density at radius 1 is 1.23 bits per heavy atom. The summed E-state index contributed by atoms with van der Waals surface area (Å²) in [5.41, 5.74) is 0.630. The van der Waals surface area contributed by atoms with Gasteiger partial charge in [-0.05, 0) is 26.0 Å². The zero-order valence-electron chi connectivity index (χ0n) is 14.1. The molecule has 0 spiro atoms. The lowest BCUT2D eigenvalue weighted by Crippen LogP contribution is -2.34. The van der Waals surface area contributed by atoms with Crippen LogP contribution in [0.5, 0.6) is 11.5 Å². The maximum Gasteiger partial charge on any atom is 0.275 e. The molecule has 0 bridgehead atoms. The van der Waals surface area contributed by atoms with Crippen LogP contribution in [0.1, 0.15) is 23.1 Å². The Hall–Kier alpha value is -3.16. The van der Waals surface area contributed by atoms with E-state index in [4.69, 9.17) is 4.74 Å². The van der Waals surface area contributed by atoms with Gasteiger partial charge in [-0.3, -0.25) is 14.8 Å². The first kappa shape index (κ1) is 17.7. The van der Waals surface area contributed by atoms with E-state index in [-0.39, 0.29) is 17.3 Å². The molecule has 1 aliphatic rings. The van der Waals surface area contributed by atoms with Crippen molar-refractivity contribution in [3.63, 3.8) is 0 Å². The number of dihydropyridines is 1. The Bertz CT molecular complexity index is 899. The van der Waals surface area contributed by atoms with Crippen LogP contribution in [0.15, 0.2) is 47.7 Å². The lowest BCUT2D eigenvalue weighted by atomic mass is 10.1. The highest BCUT2D eigenvalue weighted by molar-refractivity contribution is 6.09. The third kappa shape index (κ3) is 4.27. The number of aryl methyl sites for hydroxylation is 1. The van der Waals surface area contributed by atoms with Gasteiger partial charge in [-0.25, -0.2) is 13.8 Å². The van der Waals surface area contributed by atoms with E-state index in [1.165, 1.54) is 30.5 Å². The molecule has 0 aromatic carbocycles. The van der Waals surface area contributed by atoms with Gasteiger partial charge < -0.3 is 10.1 Å². The first-order valence-electron chi connectivity index (χ1n) is 7.89. The standard InChI is InChI=1S/C18H16F2N4O2/c1-10-5-13(26-14-6-12(19)8-21-9-14)7-16(22-10)18(25)24-17-4-3-15(20)11(2)23-17/h3-9,11,15H,1-2H3,(H,23,24,25).